The van der Waals surface area contributed by atoms with Gasteiger partial charge in [-0.25, -0.2) is 0 Å². The third-order valence-electron chi connectivity index (χ3n) is 3.30. The average molecular weight is 269 g/mol. The number of hydrogen-bond acceptors (Lipinski definition) is 4. The van der Waals surface area contributed by atoms with Gasteiger partial charge in [-0.05, 0) is 24.1 Å². The number of amides is 1. The van der Waals surface area contributed by atoms with Crippen molar-refractivity contribution in [2.24, 2.45) is 0 Å². The first-order valence-corrected chi connectivity index (χ1v) is 6.17. The van der Waals surface area contributed by atoms with Gasteiger partial charge in [0.1, 0.15) is 11.4 Å². The lowest BCUT2D eigenvalue weighted by Crippen LogP contribution is -2.30. The molecule has 6 heteroatoms. The maximum atomic E-state index is 12.4. The molecular formula is C14H11N3O3. The zero-order valence-corrected chi connectivity index (χ0v) is 10.5. The van der Waals surface area contributed by atoms with Gasteiger partial charge in [0.2, 0.25) is 0 Å². The van der Waals surface area contributed by atoms with Crippen LogP contribution in [0.2, 0.25) is 0 Å². The summed E-state index contributed by atoms with van der Waals surface area (Å²) in [6, 6.07) is 9.92. The van der Waals surface area contributed by atoms with Crippen molar-refractivity contribution in [3.63, 3.8) is 0 Å². The van der Waals surface area contributed by atoms with Crippen LogP contribution < -0.4 is 4.90 Å². The van der Waals surface area contributed by atoms with Gasteiger partial charge in [-0.1, -0.05) is 18.2 Å². The molecule has 0 aliphatic carbocycles. The summed E-state index contributed by atoms with van der Waals surface area (Å²) in [4.78, 5) is 28.5. The fourth-order valence-electron chi connectivity index (χ4n) is 2.41. The minimum absolute atomic E-state index is 0.0377. The average Bonchev–Trinajstić information content (AvgIpc) is 2.91. The summed E-state index contributed by atoms with van der Waals surface area (Å²) in [6.07, 6.45) is 2.15. The number of nitrogens with zero attached hydrogens (tertiary/aromatic N) is 3. The molecule has 0 saturated heterocycles. The van der Waals surface area contributed by atoms with Crippen LogP contribution in [-0.4, -0.2) is 22.4 Å². The summed E-state index contributed by atoms with van der Waals surface area (Å²) in [5.74, 6) is -0.307. The van der Waals surface area contributed by atoms with Crippen LogP contribution >= 0.6 is 0 Å². The Morgan fingerprint density at radius 1 is 1.25 bits per heavy atom. The van der Waals surface area contributed by atoms with Gasteiger partial charge in [-0.2, -0.15) is 0 Å². The molecule has 0 spiro atoms. The zero-order chi connectivity index (χ0) is 14.1. The topological polar surface area (TPSA) is 76.3 Å². The highest BCUT2D eigenvalue weighted by atomic mass is 16.6. The number of benzene rings is 1. The predicted octanol–water partition coefficient (Wildman–Crippen LogP) is 2.19. The summed E-state index contributed by atoms with van der Waals surface area (Å²) in [5, 5.41) is 11.1. The summed E-state index contributed by atoms with van der Waals surface area (Å²) in [7, 11) is 0. The van der Waals surface area contributed by atoms with E-state index in [-0.39, 0.29) is 11.6 Å². The highest BCUT2D eigenvalue weighted by Gasteiger charge is 2.32. The van der Waals surface area contributed by atoms with Crippen molar-refractivity contribution in [2.75, 3.05) is 11.4 Å². The second kappa shape index (κ2) is 4.73. The van der Waals surface area contributed by atoms with Crippen molar-refractivity contribution in [3.8, 4) is 0 Å². The molecule has 0 fully saturated rings. The first-order chi connectivity index (χ1) is 9.68. The summed E-state index contributed by atoms with van der Waals surface area (Å²) in [6.45, 7) is 0.440. The molecule has 1 aliphatic rings. The van der Waals surface area contributed by atoms with Crippen molar-refractivity contribution < 1.29 is 9.72 Å². The van der Waals surface area contributed by atoms with Crippen molar-refractivity contribution in [3.05, 3.63) is 64.0 Å². The van der Waals surface area contributed by atoms with E-state index in [2.05, 4.69) is 4.98 Å². The van der Waals surface area contributed by atoms with E-state index >= 15 is 0 Å². The molecule has 0 unspecified atom stereocenters. The van der Waals surface area contributed by atoms with Gasteiger partial charge in [0.15, 0.2) is 0 Å². The molecule has 3 rings (SSSR count). The monoisotopic (exact) mass is 269 g/mol. The standard InChI is InChI=1S/C14H11N3O3/c18-14(11-5-1-2-8-15-11)16-9-7-10-4-3-6-12(13(10)16)17(19)20/h1-6,8H,7,9H2. The van der Waals surface area contributed by atoms with Gasteiger partial charge in [-0.3, -0.25) is 19.9 Å². The number of pyridine rings is 1. The molecule has 20 heavy (non-hydrogen) atoms. The molecule has 0 bridgehead atoms. The smallest absolute Gasteiger partial charge is 0.293 e. The van der Waals surface area contributed by atoms with Crippen molar-refractivity contribution >= 4 is 17.3 Å². The number of hydrogen-bond donors (Lipinski definition) is 0. The lowest BCUT2D eigenvalue weighted by atomic mass is 10.1. The lowest BCUT2D eigenvalue weighted by molar-refractivity contribution is -0.384. The zero-order valence-electron chi connectivity index (χ0n) is 10.5. The largest absolute Gasteiger partial charge is 0.300 e. The van der Waals surface area contributed by atoms with Gasteiger partial charge in [-0.15, -0.1) is 0 Å². The molecule has 1 aromatic heterocycles. The first-order valence-electron chi connectivity index (χ1n) is 6.17. The second-order valence-electron chi connectivity index (χ2n) is 4.46. The summed E-state index contributed by atoms with van der Waals surface area (Å²) >= 11 is 0. The van der Waals surface area contributed by atoms with Crippen LogP contribution in [0, 0.1) is 10.1 Å². The number of nitro groups is 1. The molecule has 1 amide bonds. The minimum atomic E-state index is -0.456. The number of carbonyl (C=O) groups is 1. The Hall–Kier alpha value is -2.76. The molecule has 100 valence electrons. The van der Waals surface area contributed by atoms with Gasteiger partial charge in [0, 0.05) is 18.8 Å². The van der Waals surface area contributed by atoms with Crippen molar-refractivity contribution in [1.29, 1.82) is 0 Å². The van der Waals surface area contributed by atoms with E-state index in [1.54, 1.807) is 24.3 Å². The van der Waals surface area contributed by atoms with E-state index in [0.29, 0.717) is 24.3 Å². The quantitative estimate of drug-likeness (QED) is 0.618. The Balaban J connectivity index is 2.05. The Labute approximate surface area is 114 Å². The van der Waals surface area contributed by atoms with E-state index in [1.165, 1.54) is 17.2 Å². The maximum absolute atomic E-state index is 12.4. The first kappa shape index (κ1) is 12.3. The molecule has 0 saturated carbocycles. The van der Waals surface area contributed by atoms with Gasteiger partial charge < -0.3 is 4.90 Å². The predicted molar refractivity (Wildman–Crippen MR) is 72.7 cm³/mol. The SMILES string of the molecule is O=C(c1ccccn1)N1CCc2cccc([N+](=O)[O-])c21. The van der Waals surface area contributed by atoms with Crippen LogP contribution in [0.5, 0.6) is 0 Å². The minimum Gasteiger partial charge on any atom is -0.300 e. The maximum Gasteiger partial charge on any atom is 0.293 e. The number of anilines is 1. The van der Waals surface area contributed by atoms with E-state index in [1.807, 2.05) is 6.07 Å². The highest BCUT2D eigenvalue weighted by Crippen LogP contribution is 2.37. The molecule has 1 aliphatic heterocycles. The van der Waals surface area contributed by atoms with Gasteiger partial charge in [0.25, 0.3) is 11.6 Å². The van der Waals surface area contributed by atoms with Crippen molar-refractivity contribution in [2.45, 2.75) is 6.42 Å². The molecule has 0 radical (unpaired) electrons. The number of rotatable bonds is 2. The summed E-state index contributed by atoms with van der Waals surface area (Å²) < 4.78 is 0. The third kappa shape index (κ3) is 1.91. The fourth-order valence-corrected chi connectivity index (χ4v) is 2.41. The van der Waals surface area contributed by atoms with Gasteiger partial charge >= 0.3 is 0 Å². The van der Waals surface area contributed by atoms with Crippen LogP contribution in [0.4, 0.5) is 11.4 Å². The number of para-hydroxylation sites is 1. The molecule has 1 aromatic carbocycles. The molecular weight excluding hydrogens is 258 g/mol. The third-order valence-corrected chi connectivity index (χ3v) is 3.30. The fraction of sp³-hybridized carbons (Fsp3) is 0.143. The molecule has 2 heterocycles. The van der Waals surface area contributed by atoms with E-state index in [9.17, 15) is 14.9 Å². The number of nitro benzene ring substituents is 1. The van der Waals surface area contributed by atoms with Crippen LogP contribution in [-0.2, 0) is 6.42 Å². The molecule has 0 N–H and O–H groups in total. The number of carbonyl (C=O) groups excluding carboxylic acids is 1. The van der Waals surface area contributed by atoms with E-state index in [4.69, 9.17) is 0 Å². The molecule has 6 nitrogen and oxygen atoms in total. The van der Waals surface area contributed by atoms with E-state index < -0.39 is 4.92 Å². The number of aromatic nitrogens is 1. The van der Waals surface area contributed by atoms with Crippen LogP contribution in [0.25, 0.3) is 0 Å². The Morgan fingerprint density at radius 3 is 2.80 bits per heavy atom. The second-order valence-corrected chi connectivity index (χ2v) is 4.46. The van der Waals surface area contributed by atoms with Crippen LogP contribution in [0.15, 0.2) is 42.6 Å². The Morgan fingerprint density at radius 2 is 2.10 bits per heavy atom. The molecule has 0 atom stereocenters. The molecule has 2 aromatic rings. The van der Waals surface area contributed by atoms with E-state index in [0.717, 1.165) is 5.56 Å². The van der Waals surface area contributed by atoms with Crippen LogP contribution in [0.1, 0.15) is 16.1 Å². The highest BCUT2D eigenvalue weighted by molar-refractivity contribution is 6.07. The van der Waals surface area contributed by atoms with Gasteiger partial charge in [0.05, 0.1) is 4.92 Å². The normalized spacial score (nSPS) is 13.1. The van der Waals surface area contributed by atoms with Crippen molar-refractivity contribution in [1.82, 2.24) is 4.98 Å². The Bertz CT molecular complexity index is 685. The summed E-state index contributed by atoms with van der Waals surface area (Å²) in [5.41, 5.74) is 1.47. The van der Waals surface area contributed by atoms with Crippen LogP contribution in [0.3, 0.4) is 0 Å². The lowest BCUT2D eigenvalue weighted by Gasteiger charge is -2.16. The number of fused-ring (bicyclic) bond motifs is 1. The Kier molecular flexibility index (Phi) is 2.90.